The normalized spacial score (nSPS) is 10.4. The topological polar surface area (TPSA) is 59.1 Å². The van der Waals surface area contributed by atoms with E-state index >= 15 is 0 Å². The lowest BCUT2D eigenvalue weighted by Crippen LogP contribution is -2.17. The monoisotopic (exact) mass is 344 g/mol. The smallest absolute Gasteiger partial charge is 0.257 e. The zero-order valence-electron chi connectivity index (χ0n) is 15.0. The van der Waals surface area contributed by atoms with E-state index in [9.17, 15) is 9.59 Å². The van der Waals surface area contributed by atoms with E-state index in [1.165, 1.54) is 0 Å². The summed E-state index contributed by atoms with van der Waals surface area (Å²) < 4.78 is 0. The zero-order valence-corrected chi connectivity index (χ0v) is 15.0. The van der Waals surface area contributed by atoms with Gasteiger partial charge in [-0.05, 0) is 61.7 Å². The maximum absolute atomic E-state index is 12.9. The van der Waals surface area contributed by atoms with Gasteiger partial charge < -0.3 is 5.32 Å². The van der Waals surface area contributed by atoms with Gasteiger partial charge in [-0.1, -0.05) is 30.3 Å². The first kappa shape index (κ1) is 17.5. The summed E-state index contributed by atoms with van der Waals surface area (Å²) in [5.41, 5.74) is 4.44. The van der Waals surface area contributed by atoms with Crippen molar-refractivity contribution in [3.8, 4) is 0 Å². The lowest BCUT2D eigenvalue weighted by atomic mass is 9.95. The molecule has 4 heteroatoms. The highest BCUT2D eigenvalue weighted by Crippen LogP contribution is 2.18. The Hall–Kier alpha value is -3.27. The molecule has 3 aromatic rings. The molecular weight excluding hydrogens is 324 g/mol. The Bertz CT molecular complexity index is 993. The molecule has 130 valence electrons. The van der Waals surface area contributed by atoms with Gasteiger partial charge in [0.1, 0.15) is 5.82 Å². The molecule has 0 unspecified atom stereocenters. The summed E-state index contributed by atoms with van der Waals surface area (Å²) in [6.45, 7) is 5.89. The Balaban J connectivity index is 1.93. The summed E-state index contributed by atoms with van der Waals surface area (Å²) >= 11 is 0. The summed E-state index contributed by atoms with van der Waals surface area (Å²) in [4.78, 5) is 29.8. The number of ketones is 1. The van der Waals surface area contributed by atoms with Crippen LogP contribution in [0.4, 0.5) is 5.82 Å². The predicted octanol–water partition coefficient (Wildman–Crippen LogP) is 4.49. The molecule has 0 bridgehead atoms. The van der Waals surface area contributed by atoms with E-state index in [0.29, 0.717) is 22.5 Å². The van der Waals surface area contributed by atoms with Crippen molar-refractivity contribution in [3.05, 3.63) is 94.2 Å². The number of benzene rings is 2. The molecule has 0 saturated heterocycles. The fourth-order valence-electron chi connectivity index (χ4n) is 2.71. The Labute approximate surface area is 152 Å². The van der Waals surface area contributed by atoms with Gasteiger partial charge in [0.15, 0.2) is 5.78 Å². The number of anilines is 1. The minimum Gasteiger partial charge on any atom is -0.307 e. The summed E-state index contributed by atoms with van der Waals surface area (Å²) in [6, 6.07) is 16.0. The molecule has 1 aromatic heterocycles. The lowest BCUT2D eigenvalue weighted by Gasteiger charge is -2.10. The van der Waals surface area contributed by atoms with Crippen molar-refractivity contribution in [3.63, 3.8) is 0 Å². The lowest BCUT2D eigenvalue weighted by molar-refractivity contribution is 0.0996. The Morgan fingerprint density at radius 3 is 2.27 bits per heavy atom. The second kappa shape index (κ2) is 7.31. The van der Waals surface area contributed by atoms with Gasteiger partial charge in [-0.3, -0.25) is 9.59 Å². The van der Waals surface area contributed by atoms with Crippen LogP contribution in [0.5, 0.6) is 0 Å². The van der Waals surface area contributed by atoms with Crippen LogP contribution in [-0.2, 0) is 0 Å². The van der Waals surface area contributed by atoms with Crippen LogP contribution >= 0.6 is 0 Å². The molecule has 3 rings (SSSR count). The SMILES string of the molecule is Cc1ccnc(NC(=O)c2ccccc2C(=O)c2ccc(C)c(C)c2)c1. The van der Waals surface area contributed by atoms with Gasteiger partial charge in [0.25, 0.3) is 5.91 Å². The number of carbonyl (C=O) groups is 2. The van der Waals surface area contributed by atoms with Crippen molar-refractivity contribution in [2.75, 3.05) is 5.32 Å². The van der Waals surface area contributed by atoms with Crippen LogP contribution in [0.25, 0.3) is 0 Å². The first-order chi connectivity index (χ1) is 12.5. The number of hydrogen-bond donors (Lipinski definition) is 1. The van der Waals surface area contributed by atoms with Crippen LogP contribution in [-0.4, -0.2) is 16.7 Å². The van der Waals surface area contributed by atoms with E-state index in [4.69, 9.17) is 0 Å². The number of aryl methyl sites for hydroxylation is 3. The number of hydrogen-bond acceptors (Lipinski definition) is 3. The third-order valence-electron chi connectivity index (χ3n) is 4.34. The van der Waals surface area contributed by atoms with Crippen molar-refractivity contribution in [2.24, 2.45) is 0 Å². The third kappa shape index (κ3) is 3.70. The van der Waals surface area contributed by atoms with Crippen LogP contribution < -0.4 is 5.32 Å². The third-order valence-corrected chi connectivity index (χ3v) is 4.34. The molecular formula is C22H20N2O2. The summed E-state index contributed by atoms with van der Waals surface area (Å²) in [6.07, 6.45) is 1.64. The van der Waals surface area contributed by atoms with Gasteiger partial charge in [0, 0.05) is 17.3 Å². The maximum Gasteiger partial charge on any atom is 0.257 e. The average Bonchev–Trinajstić information content (AvgIpc) is 2.63. The molecule has 26 heavy (non-hydrogen) atoms. The minimum absolute atomic E-state index is 0.170. The molecule has 0 saturated carbocycles. The second-order valence-corrected chi connectivity index (χ2v) is 6.35. The molecule has 4 nitrogen and oxygen atoms in total. The molecule has 0 atom stereocenters. The fourth-order valence-corrected chi connectivity index (χ4v) is 2.71. The molecule has 0 fully saturated rings. The number of carbonyl (C=O) groups excluding carboxylic acids is 2. The molecule has 0 spiro atoms. The highest BCUT2D eigenvalue weighted by Gasteiger charge is 2.18. The van der Waals surface area contributed by atoms with Gasteiger partial charge in [0.2, 0.25) is 0 Å². The number of pyridine rings is 1. The Kier molecular flexibility index (Phi) is 4.94. The number of rotatable bonds is 4. The van der Waals surface area contributed by atoms with E-state index in [1.807, 2.05) is 39.0 Å². The van der Waals surface area contributed by atoms with E-state index in [0.717, 1.165) is 16.7 Å². The van der Waals surface area contributed by atoms with Gasteiger partial charge >= 0.3 is 0 Å². The second-order valence-electron chi connectivity index (χ2n) is 6.35. The first-order valence-corrected chi connectivity index (χ1v) is 8.40. The molecule has 0 aliphatic carbocycles. The van der Waals surface area contributed by atoms with Crippen molar-refractivity contribution >= 4 is 17.5 Å². The Morgan fingerprint density at radius 1 is 0.846 bits per heavy atom. The molecule has 0 aliphatic rings. The largest absolute Gasteiger partial charge is 0.307 e. The molecule has 1 amide bonds. The molecule has 0 radical (unpaired) electrons. The Morgan fingerprint density at radius 2 is 1.58 bits per heavy atom. The van der Waals surface area contributed by atoms with Crippen LogP contribution in [0.3, 0.4) is 0 Å². The number of amides is 1. The average molecular weight is 344 g/mol. The van der Waals surface area contributed by atoms with Crippen molar-refractivity contribution < 1.29 is 9.59 Å². The minimum atomic E-state index is -0.351. The molecule has 1 heterocycles. The van der Waals surface area contributed by atoms with Crippen molar-refractivity contribution in [1.82, 2.24) is 4.98 Å². The summed E-state index contributed by atoms with van der Waals surface area (Å²) in [7, 11) is 0. The van der Waals surface area contributed by atoms with E-state index in [2.05, 4.69) is 10.3 Å². The maximum atomic E-state index is 12.9. The predicted molar refractivity (Wildman–Crippen MR) is 103 cm³/mol. The zero-order chi connectivity index (χ0) is 18.7. The molecule has 1 N–H and O–H groups in total. The fraction of sp³-hybridized carbons (Fsp3) is 0.136. The van der Waals surface area contributed by atoms with Gasteiger partial charge in [-0.15, -0.1) is 0 Å². The summed E-state index contributed by atoms with van der Waals surface area (Å²) in [5, 5.41) is 2.76. The van der Waals surface area contributed by atoms with E-state index < -0.39 is 0 Å². The molecule has 0 aliphatic heterocycles. The van der Waals surface area contributed by atoms with E-state index in [-0.39, 0.29) is 11.7 Å². The standard InChI is InChI=1S/C22H20N2O2/c1-14-10-11-23-20(12-14)24-22(26)19-7-5-4-6-18(19)21(25)17-9-8-15(2)16(3)13-17/h4-13H,1-3H3,(H,23,24,26). The summed E-state index contributed by atoms with van der Waals surface area (Å²) in [5.74, 6) is -0.0598. The van der Waals surface area contributed by atoms with Crippen LogP contribution in [0.15, 0.2) is 60.8 Å². The highest BCUT2D eigenvalue weighted by molar-refractivity contribution is 6.17. The van der Waals surface area contributed by atoms with Gasteiger partial charge in [0.05, 0.1) is 5.56 Å². The van der Waals surface area contributed by atoms with Gasteiger partial charge in [-0.2, -0.15) is 0 Å². The van der Waals surface area contributed by atoms with Crippen molar-refractivity contribution in [2.45, 2.75) is 20.8 Å². The van der Waals surface area contributed by atoms with Crippen molar-refractivity contribution in [1.29, 1.82) is 0 Å². The van der Waals surface area contributed by atoms with Gasteiger partial charge in [-0.25, -0.2) is 4.98 Å². The van der Waals surface area contributed by atoms with Crippen LogP contribution in [0.1, 0.15) is 43.0 Å². The molecule has 2 aromatic carbocycles. The number of nitrogens with one attached hydrogen (secondary N) is 1. The number of nitrogens with zero attached hydrogens (tertiary/aromatic N) is 1. The van der Waals surface area contributed by atoms with Crippen LogP contribution in [0, 0.1) is 20.8 Å². The van der Waals surface area contributed by atoms with Crippen LogP contribution in [0.2, 0.25) is 0 Å². The van der Waals surface area contributed by atoms with E-state index in [1.54, 1.807) is 42.6 Å². The highest BCUT2D eigenvalue weighted by atomic mass is 16.2. The quantitative estimate of drug-likeness (QED) is 0.709. The first-order valence-electron chi connectivity index (χ1n) is 8.40. The number of aromatic nitrogens is 1.